The lowest BCUT2D eigenvalue weighted by atomic mass is 10.2. The van der Waals surface area contributed by atoms with Crippen LogP contribution in [0.1, 0.15) is 22.3 Å². The van der Waals surface area contributed by atoms with Gasteiger partial charge in [0.15, 0.2) is 0 Å². The molecule has 3 amide bonds. The smallest absolute Gasteiger partial charge is 0.254 e. The molecule has 132 valence electrons. The molecule has 0 aliphatic heterocycles. The van der Waals surface area contributed by atoms with E-state index in [1.807, 2.05) is 25.1 Å². The minimum absolute atomic E-state index is 0.132. The van der Waals surface area contributed by atoms with Gasteiger partial charge in [-0.25, -0.2) is 0 Å². The van der Waals surface area contributed by atoms with Crippen molar-refractivity contribution in [3.63, 3.8) is 0 Å². The zero-order valence-corrected chi connectivity index (χ0v) is 15.2. The summed E-state index contributed by atoms with van der Waals surface area (Å²) < 4.78 is 5.66. The average molecular weight is 408 g/mol. The molecule has 1 heterocycles. The summed E-state index contributed by atoms with van der Waals surface area (Å²) >= 11 is 3.35. The predicted octanol–water partition coefficient (Wildman–Crippen LogP) is 2.23. The molecule has 2 rings (SSSR count). The summed E-state index contributed by atoms with van der Waals surface area (Å²) in [6.07, 6.45) is 2.80. The molecular weight excluding hydrogens is 390 g/mol. The van der Waals surface area contributed by atoms with Crippen molar-refractivity contribution >= 4 is 39.3 Å². The molecule has 25 heavy (non-hydrogen) atoms. The largest absolute Gasteiger partial charge is 0.472 e. The van der Waals surface area contributed by atoms with E-state index in [0.29, 0.717) is 5.56 Å². The van der Waals surface area contributed by atoms with Gasteiger partial charge in [0.25, 0.3) is 5.91 Å². The first-order valence-electron chi connectivity index (χ1n) is 7.59. The molecular formula is C17H18BrN3O4. The summed E-state index contributed by atoms with van der Waals surface area (Å²) in [5, 5.41) is 7.83. The molecule has 8 heteroatoms. The van der Waals surface area contributed by atoms with Crippen molar-refractivity contribution in [1.82, 2.24) is 10.6 Å². The number of hydrogen-bond donors (Lipinski definition) is 3. The normalized spacial score (nSPS) is 10.2. The van der Waals surface area contributed by atoms with Gasteiger partial charge in [0.05, 0.1) is 18.4 Å². The van der Waals surface area contributed by atoms with Crippen LogP contribution in [-0.4, -0.2) is 30.8 Å². The number of anilines is 1. The molecule has 0 atom stereocenters. The second-order valence-corrected chi connectivity index (χ2v) is 6.22. The van der Waals surface area contributed by atoms with Crippen molar-refractivity contribution in [2.45, 2.75) is 13.3 Å². The minimum Gasteiger partial charge on any atom is -0.472 e. The van der Waals surface area contributed by atoms with E-state index >= 15 is 0 Å². The Hall–Kier alpha value is -2.61. The number of carbonyl (C=O) groups excluding carboxylic acids is 3. The summed E-state index contributed by atoms with van der Waals surface area (Å²) in [7, 11) is 0. The van der Waals surface area contributed by atoms with Crippen LogP contribution in [0.3, 0.4) is 0 Å². The minimum atomic E-state index is -0.397. The molecule has 0 spiro atoms. The third kappa shape index (κ3) is 6.07. The number of hydrogen-bond acceptors (Lipinski definition) is 4. The van der Waals surface area contributed by atoms with Crippen molar-refractivity contribution in [3.05, 3.63) is 52.4 Å². The lowest BCUT2D eigenvalue weighted by molar-refractivity contribution is -0.120. The number of amides is 3. The molecule has 0 radical (unpaired) electrons. The highest BCUT2D eigenvalue weighted by Gasteiger charge is 2.10. The van der Waals surface area contributed by atoms with Gasteiger partial charge in [-0.3, -0.25) is 14.4 Å². The van der Waals surface area contributed by atoms with Gasteiger partial charge in [-0.1, -0.05) is 22.0 Å². The van der Waals surface area contributed by atoms with E-state index in [2.05, 4.69) is 31.9 Å². The van der Waals surface area contributed by atoms with Crippen molar-refractivity contribution in [2.24, 2.45) is 0 Å². The fourth-order valence-electron chi connectivity index (χ4n) is 1.98. The standard InChI is InChI=1S/C17H18BrN3O4/c1-11-2-3-13(18)8-14(11)21-15(22)4-6-19-16(23)9-20-17(24)12-5-7-25-10-12/h2-3,5,7-8,10H,4,6,9H2,1H3,(H,19,23)(H,20,24)(H,21,22). The van der Waals surface area contributed by atoms with E-state index in [1.54, 1.807) is 0 Å². The zero-order valence-electron chi connectivity index (χ0n) is 13.6. The number of nitrogens with one attached hydrogen (secondary N) is 3. The predicted molar refractivity (Wildman–Crippen MR) is 96.2 cm³/mol. The number of rotatable bonds is 7. The van der Waals surface area contributed by atoms with Gasteiger partial charge in [-0.2, -0.15) is 0 Å². The Labute approximate surface area is 153 Å². The van der Waals surface area contributed by atoms with Gasteiger partial charge in [-0.05, 0) is 30.7 Å². The highest BCUT2D eigenvalue weighted by molar-refractivity contribution is 9.10. The third-order valence-electron chi connectivity index (χ3n) is 3.34. The molecule has 0 aliphatic rings. The summed E-state index contributed by atoms with van der Waals surface area (Å²) in [6, 6.07) is 7.10. The number of benzene rings is 1. The van der Waals surface area contributed by atoms with Crippen molar-refractivity contribution in [3.8, 4) is 0 Å². The number of carbonyl (C=O) groups is 3. The number of furan rings is 1. The summed E-state index contributed by atoms with van der Waals surface area (Å²) in [5.41, 5.74) is 2.01. The highest BCUT2D eigenvalue weighted by atomic mass is 79.9. The maximum Gasteiger partial charge on any atom is 0.254 e. The van der Waals surface area contributed by atoms with E-state index in [1.165, 1.54) is 18.6 Å². The Balaban J connectivity index is 1.67. The Bertz CT molecular complexity index is 759. The quantitative estimate of drug-likeness (QED) is 0.654. The zero-order chi connectivity index (χ0) is 18.2. The molecule has 1 aromatic heterocycles. The van der Waals surface area contributed by atoms with Crippen LogP contribution in [0.15, 0.2) is 45.7 Å². The van der Waals surface area contributed by atoms with E-state index in [9.17, 15) is 14.4 Å². The van der Waals surface area contributed by atoms with Crippen molar-refractivity contribution in [2.75, 3.05) is 18.4 Å². The van der Waals surface area contributed by atoms with E-state index < -0.39 is 5.91 Å². The van der Waals surface area contributed by atoms with Gasteiger partial charge in [-0.15, -0.1) is 0 Å². The fourth-order valence-corrected chi connectivity index (χ4v) is 2.34. The molecule has 0 saturated heterocycles. The molecule has 3 N–H and O–H groups in total. The van der Waals surface area contributed by atoms with Crippen LogP contribution >= 0.6 is 15.9 Å². The number of halogens is 1. The SMILES string of the molecule is Cc1ccc(Br)cc1NC(=O)CCNC(=O)CNC(=O)c1ccoc1. The van der Waals surface area contributed by atoms with Crippen LogP contribution in [0.2, 0.25) is 0 Å². The van der Waals surface area contributed by atoms with Crippen LogP contribution in [0.5, 0.6) is 0 Å². The second kappa shape index (κ2) is 9.03. The van der Waals surface area contributed by atoms with Gasteiger partial charge >= 0.3 is 0 Å². The highest BCUT2D eigenvalue weighted by Crippen LogP contribution is 2.20. The monoisotopic (exact) mass is 407 g/mol. The lowest BCUT2D eigenvalue weighted by Gasteiger charge is -2.10. The Morgan fingerprint density at radius 3 is 2.64 bits per heavy atom. The number of aryl methyl sites for hydroxylation is 1. The summed E-state index contributed by atoms with van der Waals surface area (Å²) in [4.78, 5) is 35.2. The van der Waals surface area contributed by atoms with Crippen LogP contribution in [0, 0.1) is 6.92 Å². The Kier molecular flexibility index (Phi) is 6.76. The topological polar surface area (TPSA) is 100 Å². The maximum atomic E-state index is 11.9. The van der Waals surface area contributed by atoms with E-state index in [0.717, 1.165) is 15.7 Å². The molecule has 0 saturated carbocycles. The van der Waals surface area contributed by atoms with Crippen LogP contribution < -0.4 is 16.0 Å². The average Bonchev–Trinajstić information content (AvgIpc) is 3.10. The molecule has 0 unspecified atom stereocenters. The molecule has 0 fully saturated rings. The Morgan fingerprint density at radius 2 is 1.92 bits per heavy atom. The Morgan fingerprint density at radius 1 is 1.12 bits per heavy atom. The molecule has 0 bridgehead atoms. The second-order valence-electron chi connectivity index (χ2n) is 5.30. The fraction of sp³-hybridized carbons (Fsp3) is 0.235. The van der Waals surface area contributed by atoms with Crippen molar-refractivity contribution < 1.29 is 18.8 Å². The summed E-state index contributed by atoms with van der Waals surface area (Å²) in [5.74, 6) is -0.973. The third-order valence-corrected chi connectivity index (χ3v) is 3.83. The van der Waals surface area contributed by atoms with Crippen LogP contribution in [0.4, 0.5) is 5.69 Å². The van der Waals surface area contributed by atoms with E-state index in [-0.39, 0.29) is 31.3 Å². The molecule has 0 aliphatic carbocycles. The van der Waals surface area contributed by atoms with Crippen LogP contribution in [0.25, 0.3) is 0 Å². The van der Waals surface area contributed by atoms with Gasteiger partial charge < -0.3 is 20.4 Å². The molecule has 2 aromatic rings. The first-order chi connectivity index (χ1) is 12.0. The molecule has 7 nitrogen and oxygen atoms in total. The van der Waals surface area contributed by atoms with Gasteiger partial charge in [0, 0.05) is 23.1 Å². The lowest BCUT2D eigenvalue weighted by Crippen LogP contribution is -2.37. The van der Waals surface area contributed by atoms with Gasteiger partial charge in [0.1, 0.15) is 6.26 Å². The summed E-state index contributed by atoms with van der Waals surface area (Å²) in [6.45, 7) is 1.90. The first-order valence-corrected chi connectivity index (χ1v) is 8.38. The van der Waals surface area contributed by atoms with Gasteiger partial charge in [0.2, 0.25) is 11.8 Å². The molecule has 1 aromatic carbocycles. The van der Waals surface area contributed by atoms with Crippen LogP contribution in [-0.2, 0) is 9.59 Å². The van der Waals surface area contributed by atoms with Crippen molar-refractivity contribution in [1.29, 1.82) is 0 Å². The first kappa shape index (κ1) is 18.7. The maximum absolute atomic E-state index is 11.9. The van der Waals surface area contributed by atoms with E-state index in [4.69, 9.17) is 4.42 Å².